The second-order valence-corrected chi connectivity index (χ2v) is 7.95. The number of para-hydroxylation sites is 1. The fourth-order valence-electron chi connectivity index (χ4n) is 3.11. The number of rotatable bonds is 8. The summed E-state index contributed by atoms with van der Waals surface area (Å²) in [6.07, 6.45) is -5.43. The fraction of sp³-hybridized carbons (Fsp3) is 0.280. The van der Waals surface area contributed by atoms with Gasteiger partial charge in [-0.25, -0.2) is 14.2 Å². The van der Waals surface area contributed by atoms with E-state index in [-0.39, 0.29) is 11.6 Å². The maximum absolute atomic E-state index is 14.3. The number of pyridine rings is 1. The first-order valence-electron chi connectivity index (χ1n) is 10.6. The lowest BCUT2D eigenvalue weighted by Gasteiger charge is -2.24. The molecule has 0 bridgehead atoms. The number of carbonyl (C=O) groups excluding carboxylic acids is 1. The number of anilines is 1. The van der Waals surface area contributed by atoms with E-state index < -0.39 is 35.7 Å². The van der Waals surface area contributed by atoms with E-state index in [0.717, 1.165) is 12.1 Å². The quantitative estimate of drug-likeness (QED) is 0.287. The first kappa shape index (κ1) is 25.0. The Morgan fingerprint density at radius 3 is 2.29 bits per heavy atom. The van der Waals surface area contributed by atoms with Crippen molar-refractivity contribution in [2.45, 2.75) is 39.1 Å². The summed E-state index contributed by atoms with van der Waals surface area (Å²) in [5.74, 6) is -1.25. The third kappa shape index (κ3) is 6.46. The van der Waals surface area contributed by atoms with Gasteiger partial charge in [0.25, 0.3) is 0 Å². The SMILES string of the molecule is CC(OC(=O)C(Nc1ccc(C(F)(F)F)cc1F)C(C)C)c1cccc(Oc2ccccc2)n1. The molecule has 0 aliphatic carbocycles. The lowest BCUT2D eigenvalue weighted by atomic mass is 10.0. The Morgan fingerprint density at radius 1 is 0.971 bits per heavy atom. The molecule has 180 valence electrons. The van der Waals surface area contributed by atoms with Gasteiger partial charge >= 0.3 is 12.1 Å². The average Bonchev–Trinajstić information content (AvgIpc) is 2.78. The van der Waals surface area contributed by atoms with Gasteiger partial charge in [-0.2, -0.15) is 13.2 Å². The van der Waals surface area contributed by atoms with E-state index in [1.54, 1.807) is 51.1 Å². The van der Waals surface area contributed by atoms with Gasteiger partial charge in [0, 0.05) is 6.07 Å². The minimum atomic E-state index is -4.67. The number of halogens is 4. The van der Waals surface area contributed by atoms with Crippen molar-refractivity contribution in [1.29, 1.82) is 0 Å². The highest BCUT2D eigenvalue weighted by Crippen LogP contribution is 2.32. The molecule has 0 radical (unpaired) electrons. The number of hydrogen-bond donors (Lipinski definition) is 1. The van der Waals surface area contributed by atoms with Crippen LogP contribution in [0.2, 0.25) is 0 Å². The molecule has 0 aliphatic heterocycles. The summed E-state index contributed by atoms with van der Waals surface area (Å²) < 4.78 is 63.9. The molecule has 2 aromatic carbocycles. The molecule has 0 spiro atoms. The van der Waals surface area contributed by atoms with Crippen LogP contribution in [0.3, 0.4) is 0 Å². The molecular weight excluding hydrogens is 452 g/mol. The first-order chi connectivity index (χ1) is 16.0. The summed E-state index contributed by atoms with van der Waals surface area (Å²) in [4.78, 5) is 17.2. The Morgan fingerprint density at radius 2 is 1.68 bits per heavy atom. The Labute approximate surface area is 194 Å². The van der Waals surface area contributed by atoms with Crippen molar-refractivity contribution >= 4 is 11.7 Å². The number of esters is 1. The Balaban J connectivity index is 1.70. The van der Waals surface area contributed by atoms with Crippen molar-refractivity contribution in [2.24, 2.45) is 5.92 Å². The molecule has 34 heavy (non-hydrogen) atoms. The Hall–Kier alpha value is -3.62. The zero-order valence-electron chi connectivity index (χ0n) is 18.8. The molecule has 0 amide bonds. The molecule has 1 heterocycles. The summed E-state index contributed by atoms with van der Waals surface area (Å²) in [5.41, 5.74) is -0.908. The maximum Gasteiger partial charge on any atom is 0.416 e. The van der Waals surface area contributed by atoms with Crippen molar-refractivity contribution in [3.63, 3.8) is 0 Å². The molecule has 2 atom stereocenters. The molecule has 1 aromatic heterocycles. The number of benzene rings is 2. The van der Waals surface area contributed by atoms with Gasteiger partial charge in [-0.3, -0.25) is 0 Å². The van der Waals surface area contributed by atoms with E-state index in [4.69, 9.17) is 9.47 Å². The lowest BCUT2D eigenvalue weighted by Crippen LogP contribution is -2.37. The molecule has 0 saturated heterocycles. The van der Waals surface area contributed by atoms with Gasteiger partial charge in [0.1, 0.15) is 23.7 Å². The molecule has 2 unspecified atom stereocenters. The second-order valence-electron chi connectivity index (χ2n) is 7.95. The van der Waals surface area contributed by atoms with Crippen LogP contribution in [0.5, 0.6) is 11.6 Å². The lowest BCUT2D eigenvalue weighted by molar-refractivity contribution is -0.150. The summed E-state index contributed by atoms with van der Waals surface area (Å²) in [5, 5.41) is 2.66. The van der Waals surface area contributed by atoms with E-state index in [1.807, 2.05) is 18.2 Å². The van der Waals surface area contributed by atoms with Gasteiger partial charge in [0.05, 0.1) is 16.9 Å². The van der Waals surface area contributed by atoms with Gasteiger partial charge in [0.2, 0.25) is 5.88 Å². The summed E-state index contributed by atoms with van der Waals surface area (Å²) in [7, 11) is 0. The largest absolute Gasteiger partial charge is 0.455 e. The summed E-state index contributed by atoms with van der Waals surface area (Å²) in [6.45, 7) is 5.04. The van der Waals surface area contributed by atoms with Crippen LogP contribution in [-0.4, -0.2) is 17.0 Å². The van der Waals surface area contributed by atoms with Crippen LogP contribution in [-0.2, 0) is 15.7 Å². The molecule has 1 N–H and O–H groups in total. The smallest absolute Gasteiger partial charge is 0.416 e. The van der Waals surface area contributed by atoms with E-state index in [2.05, 4.69) is 10.3 Å². The van der Waals surface area contributed by atoms with Crippen LogP contribution in [0.1, 0.15) is 38.1 Å². The van der Waals surface area contributed by atoms with E-state index in [0.29, 0.717) is 23.4 Å². The van der Waals surface area contributed by atoms with Gasteiger partial charge in [-0.1, -0.05) is 38.1 Å². The predicted molar refractivity (Wildman–Crippen MR) is 119 cm³/mol. The number of alkyl halides is 3. The van der Waals surface area contributed by atoms with Crippen molar-refractivity contribution in [1.82, 2.24) is 4.98 Å². The molecule has 0 aliphatic rings. The molecular formula is C25H24F4N2O3. The zero-order valence-corrected chi connectivity index (χ0v) is 18.8. The van der Waals surface area contributed by atoms with Crippen LogP contribution in [0.15, 0.2) is 66.7 Å². The highest BCUT2D eigenvalue weighted by molar-refractivity contribution is 5.80. The topological polar surface area (TPSA) is 60.5 Å². The third-order valence-corrected chi connectivity index (χ3v) is 4.95. The van der Waals surface area contributed by atoms with E-state index in [9.17, 15) is 22.4 Å². The van der Waals surface area contributed by atoms with Gasteiger partial charge in [0.15, 0.2) is 0 Å². The van der Waals surface area contributed by atoms with E-state index in [1.165, 1.54) is 0 Å². The first-order valence-corrected chi connectivity index (χ1v) is 10.6. The van der Waals surface area contributed by atoms with Crippen molar-refractivity contribution in [3.05, 3.63) is 83.8 Å². The number of carbonyl (C=O) groups is 1. The van der Waals surface area contributed by atoms with Crippen molar-refractivity contribution in [3.8, 4) is 11.6 Å². The number of nitrogens with zero attached hydrogens (tertiary/aromatic N) is 1. The average molecular weight is 476 g/mol. The maximum atomic E-state index is 14.3. The van der Waals surface area contributed by atoms with Crippen molar-refractivity contribution < 1.29 is 31.8 Å². The standard InChI is InChI=1S/C25H24F4N2O3/c1-15(2)23(31-21-13-12-17(14-19(21)26)25(27,28)29)24(32)33-16(3)20-10-7-11-22(30-20)34-18-8-5-4-6-9-18/h4-16,23,31H,1-3H3. The van der Waals surface area contributed by atoms with Crippen molar-refractivity contribution in [2.75, 3.05) is 5.32 Å². The molecule has 3 rings (SSSR count). The number of aromatic nitrogens is 1. The Bertz CT molecular complexity index is 1120. The van der Waals surface area contributed by atoms with Crippen LogP contribution >= 0.6 is 0 Å². The minimum Gasteiger partial charge on any atom is -0.455 e. The second kappa shape index (κ2) is 10.5. The van der Waals surface area contributed by atoms with E-state index >= 15 is 0 Å². The predicted octanol–water partition coefficient (Wildman–Crippen LogP) is 6.77. The van der Waals surface area contributed by atoms with Crippen LogP contribution in [0.25, 0.3) is 0 Å². The molecule has 0 saturated carbocycles. The van der Waals surface area contributed by atoms with Gasteiger partial charge in [-0.15, -0.1) is 0 Å². The van der Waals surface area contributed by atoms with Crippen LogP contribution < -0.4 is 10.1 Å². The highest BCUT2D eigenvalue weighted by atomic mass is 19.4. The monoisotopic (exact) mass is 476 g/mol. The van der Waals surface area contributed by atoms with Crippen LogP contribution in [0.4, 0.5) is 23.2 Å². The third-order valence-electron chi connectivity index (χ3n) is 4.95. The molecule has 9 heteroatoms. The summed E-state index contributed by atoms with van der Waals surface area (Å²) >= 11 is 0. The normalized spacial score (nSPS) is 13.3. The Kier molecular flexibility index (Phi) is 7.75. The van der Waals surface area contributed by atoms with Gasteiger partial charge < -0.3 is 14.8 Å². The molecule has 0 fully saturated rings. The fourth-order valence-corrected chi connectivity index (χ4v) is 3.11. The van der Waals surface area contributed by atoms with Gasteiger partial charge in [-0.05, 0) is 49.2 Å². The molecule has 5 nitrogen and oxygen atoms in total. The summed E-state index contributed by atoms with van der Waals surface area (Å²) in [6, 6.07) is 15.2. The van der Waals surface area contributed by atoms with Crippen LogP contribution in [0, 0.1) is 11.7 Å². The minimum absolute atomic E-state index is 0.229. The highest BCUT2D eigenvalue weighted by Gasteiger charge is 2.32. The number of ether oxygens (including phenoxy) is 2. The molecule has 3 aromatic rings. The number of nitrogens with one attached hydrogen (secondary N) is 1. The zero-order chi connectivity index (χ0) is 24.9. The number of hydrogen-bond acceptors (Lipinski definition) is 5.